The number of hydrogen-bond donors (Lipinski definition) is 3. The summed E-state index contributed by atoms with van der Waals surface area (Å²) in [5.41, 5.74) is 5.80. The Morgan fingerprint density at radius 2 is 1.97 bits per heavy atom. The van der Waals surface area contributed by atoms with Crippen LogP contribution < -0.4 is 10.2 Å². The highest BCUT2D eigenvalue weighted by molar-refractivity contribution is 5.81. The lowest BCUT2D eigenvalue weighted by Crippen LogP contribution is -2.60. The van der Waals surface area contributed by atoms with Crippen molar-refractivity contribution in [2.24, 2.45) is 0 Å². The summed E-state index contributed by atoms with van der Waals surface area (Å²) in [5, 5.41) is 13.4. The molecule has 0 saturated carbocycles. The molecule has 1 aliphatic rings. The van der Waals surface area contributed by atoms with Crippen LogP contribution in [0.3, 0.4) is 0 Å². The number of aromatic nitrogens is 5. The molecule has 8 heteroatoms. The average molecular weight is 411 g/mol. The number of nitrogens with zero attached hydrogens (tertiary/aromatic N) is 5. The summed E-state index contributed by atoms with van der Waals surface area (Å²) in [4.78, 5) is 19.2. The molecule has 5 heterocycles. The van der Waals surface area contributed by atoms with Crippen molar-refractivity contribution in [3.8, 4) is 11.3 Å². The van der Waals surface area contributed by atoms with Crippen molar-refractivity contribution >= 4 is 33.9 Å². The first-order valence-electron chi connectivity index (χ1n) is 10.2. The van der Waals surface area contributed by atoms with Crippen molar-refractivity contribution in [2.45, 2.75) is 12.5 Å². The third-order valence-electron chi connectivity index (χ3n) is 5.63. The molecule has 0 amide bonds. The van der Waals surface area contributed by atoms with Gasteiger partial charge in [-0.1, -0.05) is 0 Å². The van der Waals surface area contributed by atoms with E-state index in [1.165, 1.54) is 0 Å². The zero-order valence-electron chi connectivity index (χ0n) is 16.9. The molecule has 31 heavy (non-hydrogen) atoms. The lowest BCUT2D eigenvalue weighted by molar-refractivity contribution is 0.0310. The maximum absolute atomic E-state index is 9.96. The summed E-state index contributed by atoms with van der Waals surface area (Å²) >= 11 is 0. The molecule has 3 N–H and O–H groups in total. The number of aliphatic hydroxyl groups is 1. The number of benzene rings is 1. The van der Waals surface area contributed by atoms with E-state index in [2.05, 4.69) is 25.2 Å². The highest BCUT2D eigenvalue weighted by atomic mass is 16.3. The number of fused-ring (bicyclic) bond motifs is 2. The van der Waals surface area contributed by atoms with Gasteiger partial charge in [0.15, 0.2) is 11.5 Å². The van der Waals surface area contributed by atoms with E-state index in [1.54, 1.807) is 6.20 Å². The van der Waals surface area contributed by atoms with Crippen molar-refractivity contribution in [2.75, 3.05) is 23.3 Å². The van der Waals surface area contributed by atoms with Crippen LogP contribution >= 0.6 is 0 Å². The van der Waals surface area contributed by atoms with Gasteiger partial charge in [0, 0.05) is 61.0 Å². The number of aromatic amines is 1. The van der Waals surface area contributed by atoms with E-state index < -0.39 is 5.60 Å². The van der Waals surface area contributed by atoms with Crippen molar-refractivity contribution in [3.63, 3.8) is 0 Å². The number of β-amino-alcohol motifs (C(OH)–C–C–N with tert-alkyl or cyclic N) is 1. The summed E-state index contributed by atoms with van der Waals surface area (Å²) in [5.74, 6) is 0.675. The number of pyridine rings is 1. The van der Waals surface area contributed by atoms with Crippen LogP contribution in [-0.4, -0.2) is 48.1 Å². The third-order valence-corrected chi connectivity index (χ3v) is 5.63. The van der Waals surface area contributed by atoms with Crippen LogP contribution in [0.25, 0.3) is 27.9 Å². The fourth-order valence-corrected chi connectivity index (χ4v) is 4.08. The topological polar surface area (TPSA) is 94.4 Å². The lowest BCUT2D eigenvalue weighted by Gasteiger charge is -2.45. The quantitative estimate of drug-likeness (QED) is 0.418. The maximum Gasteiger partial charge on any atom is 0.180 e. The molecule has 0 spiro atoms. The van der Waals surface area contributed by atoms with Crippen LogP contribution in [-0.2, 0) is 0 Å². The molecule has 6 rings (SSSR count). The number of hydrogen-bond acceptors (Lipinski definition) is 6. The van der Waals surface area contributed by atoms with E-state index >= 15 is 0 Å². The number of rotatable bonds is 4. The van der Waals surface area contributed by atoms with E-state index in [-0.39, 0.29) is 0 Å². The number of nitrogens with one attached hydrogen (secondary N) is 2. The van der Waals surface area contributed by atoms with Crippen LogP contribution in [0.5, 0.6) is 0 Å². The zero-order chi connectivity index (χ0) is 21.0. The van der Waals surface area contributed by atoms with E-state index in [9.17, 15) is 5.11 Å². The molecule has 4 aromatic heterocycles. The Balaban J connectivity index is 1.33. The smallest absolute Gasteiger partial charge is 0.180 e. The fraction of sp³-hybridized carbons (Fsp3) is 0.174. The zero-order valence-corrected chi connectivity index (χ0v) is 16.9. The molecule has 0 radical (unpaired) electrons. The van der Waals surface area contributed by atoms with Crippen LogP contribution in [0.2, 0.25) is 0 Å². The standard InChI is InChI=1S/C23H21N7O/c1-23(31)13-30(14-23)17-4-2-16(3-5-17)27-21-22-25-8-9-29(22)12-20(28-21)15-10-19-18(26-11-15)6-7-24-19/h2-12,24,31H,13-14H2,1H3,(H,27,28). The van der Waals surface area contributed by atoms with Crippen molar-refractivity contribution in [1.82, 2.24) is 24.3 Å². The van der Waals surface area contributed by atoms with Crippen molar-refractivity contribution < 1.29 is 5.11 Å². The Hall–Kier alpha value is -3.91. The van der Waals surface area contributed by atoms with Crippen LogP contribution in [0.15, 0.2) is 67.4 Å². The maximum atomic E-state index is 9.96. The molecule has 5 aromatic rings. The van der Waals surface area contributed by atoms with Crippen molar-refractivity contribution in [1.29, 1.82) is 0 Å². The van der Waals surface area contributed by atoms with E-state index in [1.807, 2.05) is 72.5 Å². The van der Waals surface area contributed by atoms with Gasteiger partial charge in [-0.2, -0.15) is 0 Å². The van der Waals surface area contributed by atoms with Crippen LogP contribution in [0.4, 0.5) is 17.2 Å². The minimum absolute atomic E-state index is 0.592. The monoisotopic (exact) mass is 411 g/mol. The summed E-state index contributed by atoms with van der Waals surface area (Å²) in [6.07, 6.45) is 9.34. The minimum Gasteiger partial charge on any atom is -0.386 e. The molecular formula is C23H21N7O. The second kappa shape index (κ2) is 6.55. The Morgan fingerprint density at radius 1 is 1.13 bits per heavy atom. The molecule has 0 bridgehead atoms. The molecule has 1 saturated heterocycles. The first kappa shape index (κ1) is 17.9. The first-order chi connectivity index (χ1) is 15.0. The molecule has 1 aromatic carbocycles. The van der Waals surface area contributed by atoms with Gasteiger partial charge in [-0.05, 0) is 43.3 Å². The third kappa shape index (κ3) is 3.17. The summed E-state index contributed by atoms with van der Waals surface area (Å²) < 4.78 is 1.96. The molecular weight excluding hydrogens is 390 g/mol. The Bertz CT molecular complexity index is 1390. The van der Waals surface area contributed by atoms with E-state index in [0.29, 0.717) is 18.9 Å². The second-order valence-corrected chi connectivity index (χ2v) is 8.29. The number of imidazole rings is 1. The molecule has 1 fully saturated rings. The SMILES string of the molecule is CC1(O)CN(c2ccc(Nc3nc(-c4cnc5cc[nH]c5c4)cn4ccnc34)cc2)C1. The summed E-state index contributed by atoms with van der Waals surface area (Å²) in [6, 6.07) is 12.1. The van der Waals surface area contributed by atoms with Gasteiger partial charge in [0.05, 0.1) is 22.3 Å². The van der Waals surface area contributed by atoms with Crippen LogP contribution in [0, 0.1) is 0 Å². The Morgan fingerprint density at radius 3 is 2.77 bits per heavy atom. The molecule has 0 aliphatic carbocycles. The largest absolute Gasteiger partial charge is 0.386 e. The normalized spacial score (nSPS) is 15.4. The fourth-order valence-electron chi connectivity index (χ4n) is 4.08. The Labute approximate surface area is 178 Å². The van der Waals surface area contributed by atoms with Gasteiger partial charge in [-0.15, -0.1) is 0 Å². The lowest BCUT2D eigenvalue weighted by atomic mass is 9.96. The molecule has 0 unspecified atom stereocenters. The second-order valence-electron chi connectivity index (χ2n) is 8.29. The van der Waals surface area contributed by atoms with E-state index in [4.69, 9.17) is 4.98 Å². The molecule has 1 aliphatic heterocycles. The average Bonchev–Trinajstić information content (AvgIpc) is 3.41. The number of H-pyrrole nitrogens is 1. The van der Waals surface area contributed by atoms with Gasteiger partial charge in [-0.25, -0.2) is 9.97 Å². The van der Waals surface area contributed by atoms with Gasteiger partial charge in [0.1, 0.15) is 0 Å². The highest BCUT2D eigenvalue weighted by Gasteiger charge is 2.36. The predicted octanol–water partition coefficient (Wildman–Crippen LogP) is 3.59. The summed E-state index contributed by atoms with van der Waals surface area (Å²) in [7, 11) is 0. The van der Waals surface area contributed by atoms with Gasteiger partial charge < -0.3 is 24.7 Å². The van der Waals surface area contributed by atoms with Gasteiger partial charge in [0.2, 0.25) is 0 Å². The Kier molecular flexibility index (Phi) is 3.78. The first-order valence-corrected chi connectivity index (χ1v) is 10.2. The molecule has 154 valence electrons. The van der Waals surface area contributed by atoms with Crippen LogP contribution in [0.1, 0.15) is 6.92 Å². The van der Waals surface area contributed by atoms with Gasteiger partial charge in [0.25, 0.3) is 0 Å². The van der Waals surface area contributed by atoms with Crippen molar-refractivity contribution in [3.05, 3.63) is 67.4 Å². The van der Waals surface area contributed by atoms with Gasteiger partial charge >= 0.3 is 0 Å². The van der Waals surface area contributed by atoms with Gasteiger partial charge in [-0.3, -0.25) is 4.98 Å². The molecule has 0 atom stereocenters. The predicted molar refractivity (Wildman–Crippen MR) is 121 cm³/mol. The minimum atomic E-state index is -0.592. The highest BCUT2D eigenvalue weighted by Crippen LogP contribution is 2.30. The van der Waals surface area contributed by atoms with E-state index in [0.717, 1.165) is 39.3 Å². The summed E-state index contributed by atoms with van der Waals surface area (Å²) in [6.45, 7) is 3.16. The molecule has 8 nitrogen and oxygen atoms in total. The number of anilines is 3.